The van der Waals surface area contributed by atoms with Crippen molar-refractivity contribution in [2.24, 2.45) is 5.10 Å². The lowest BCUT2D eigenvalue weighted by Gasteiger charge is -2.00. The van der Waals surface area contributed by atoms with Crippen LogP contribution in [0.15, 0.2) is 11.2 Å². The summed E-state index contributed by atoms with van der Waals surface area (Å²) in [6.45, 7) is 5.75. The lowest BCUT2D eigenvalue weighted by molar-refractivity contribution is 0.958. The average molecular weight is 164 g/mol. The molecule has 0 amide bonds. The van der Waals surface area contributed by atoms with E-state index in [4.69, 9.17) is 0 Å². The number of aryl methyl sites for hydroxylation is 2. The molecule has 0 saturated heterocycles. The molecule has 1 N–H and O–H groups in total. The van der Waals surface area contributed by atoms with Crippen LogP contribution in [0.2, 0.25) is 0 Å². The predicted molar refractivity (Wildman–Crippen MR) is 49.3 cm³/mol. The molecule has 0 fully saturated rings. The Morgan fingerprint density at radius 2 is 2.17 bits per heavy atom. The van der Waals surface area contributed by atoms with Crippen molar-refractivity contribution >= 4 is 12.0 Å². The Labute approximate surface area is 71.7 Å². The van der Waals surface area contributed by atoms with Crippen LogP contribution in [0.4, 0.5) is 5.82 Å². The van der Waals surface area contributed by atoms with Crippen molar-refractivity contribution in [1.29, 1.82) is 0 Å². The molecule has 4 heteroatoms. The van der Waals surface area contributed by atoms with Gasteiger partial charge in [0.05, 0.1) is 5.69 Å². The minimum atomic E-state index is 0.677. The predicted octanol–water partition coefficient (Wildman–Crippen LogP) is 1.51. The van der Waals surface area contributed by atoms with E-state index in [-0.39, 0.29) is 0 Å². The van der Waals surface area contributed by atoms with E-state index >= 15 is 0 Å². The van der Waals surface area contributed by atoms with Crippen molar-refractivity contribution in [2.45, 2.75) is 20.8 Å². The van der Waals surface area contributed by atoms with Gasteiger partial charge in [-0.3, -0.25) is 5.43 Å². The van der Waals surface area contributed by atoms with Gasteiger partial charge >= 0.3 is 0 Å². The summed E-state index contributed by atoms with van der Waals surface area (Å²) in [5.74, 6) is 0.677. The van der Waals surface area contributed by atoms with Crippen molar-refractivity contribution in [3.8, 4) is 0 Å². The molecule has 0 bridgehead atoms. The van der Waals surface area contributed by atoms with Crippen LogP contribution < -0.4 is 5.43 Å². The highest BCUT2D eigenvalue weighted by molar-refractivity contribution is 5.55. The summed E-state index contributed by atoms with van der Waals surface area (Å²) in [4.78, 5) is 0. The maximum atomic E-state index is 3.95. The molecular formula is C8H12N4. The topological polar surface area (TPSA) is 50.2 Å². The van der Waals surface area contributed by atoms with Crippen molar-refractivity contribution in [3.05, 3.63) is 17.3 Å². The maximum Gasteiger partial charge on any atom is 0.169 e. The van der Waals surface area contributed by atoms with Crippen molar-refractivity contribution in [3.63, 3.8) is 0 Å². The van der Waals surface area contributed by atoms with Crippen LogP contribution in [-0.2, 0) is 0 Å². The van der Waals surface area contributed by atoms with Gasteiger partial charge in [-0.25, -0.2) is 0 Å². The van der Waals surface area contributed by atoms with Crippen LogP contribution in [-0.4, -0.2) is 16.4 Å². The molecule has 1 heterocycles. The third kappa shape index (κ3) is 2.02. The molecule has 1 aromatic rings. The van der Waals surface area contributed by atoms with Gasteiger partial charge in [-0.2, -0.15) is 10.2 Å². The summed E-state index contributed by atoms with van der Waals surface area (Å²) in [5.41, 5.74) is 4.81. The van der Waals surface area contributed by atoms with Crippen molar-refractivity contribution in [1.82, 2.24) is 10.2 Å². The molecule has 1 aromatic heterocycles. The first-order valence-corrected chi connectivity index (χ1v) is 3.78. The monoisotopic (exact) mass is 164 g/mol. The van der Waals surface area contributed by atoms with Crippen LogP contribution in [0.1, 0.15) is 18.2 Å². The second kappa shape index (κ2) is 3.80. The van der Waals surface area contributed by atoms with Crippen LogP contribution >= 0.6 is 0 Å². The Kier molecular flexibility index (Phi) is 2.74. The Balaban J connectivity index is 2.82. The molecule has 0 aliphatic heterocycles. The van der Waals surface area contributed by atoms with Gasteiger partial charge in [0.25, 0.3) is 0 Å². The zero-order chi connectivity index (χ0) is 8.97. The van der Waals surface area contributed by atoms with E-state index in [0.717, 1.165) is 11.3 Å². The number of anilines is 1. The Hall–Kier alpha value is -1.45. The van der Waals surface area contributed by atoms with Gasteiger partial charge in [-0.1, -0.05) is 0 Å². The summed E-state index contributed by atoms with van der Waals surface area (Å²) < 4.78 is 0. The Morgan fingerprint density at radius 3 is 2.75 bits per heavy atom. The quantitative estimate of drug-likeness (QED) is 0.532. The third-order valence-electron chi connectivity index (χ3n) is 1.54. The molecule has 1 rings (SSSR count). The van der Waals surface area contributed by atoms with Gasteiger partial charge < -0.3 is 0 Å². The maximum absolute atomic E-state index is 3.95. The average Bonchev–Trinajstić information content (AvgIpc) is 2.07. The zero-order valence-corrected chi connectivity index (χ0v) is 7.50. The fourth-order valence-corrected chi connectivity index (χ4v) is 0.731. The first kappa shape index (κ1) is 8.64. The molecule has 0 aliphatic carbocycles. The van der Waals surface area contributed by atoms with Gasteiger partial charge in [0.2, 0.25) is 0 Å². The molecule has 0 saturated carbocycles. The standard InChI is InChI=1S/C8H12N4/c1-4-9-11-8-5-6(2)7(3)10-12-8/h4-5H,1-3H3,(H,11,12)/b9-4+. The molecule has 0 unspecified atom stereocenters. The highest BCUT2D eigenvalue weighted by Gasteiger charge is 1.96. The number of hydrogen-bond acceptors (Lipinski definition) is 4. The number of nitrogens with one attached hydrogen (secondary N) is 1. The molecule has 0 spiro atoms. The first-order valence-electron chi connectivity index (χ1n) is 3.78. The van der Waals surface area contributed by atoms with Gasteiger partial charge in [-0.15, -0.1) is 5.10 Å². The smallest absolute Gasteiger partial charge is 0.169 e. The van der Waals surface area contributed by atoms with Gasteiger partial charge in [-0.05, 0) is 32.4 Å². The van der Waals surface area contributed by atoms with E-state index in [1.54, 1.807) is 6.21 Å². The molecule has 12 heavy (non-hydrogen) atoms. The van der Waals surface area contributed by atoms with Crippen molar-refractivity contribution < 1.29 is 0 Å². The number of hydrazone groups is 1. The fraction of sp³-hybridized carbons (Fsp3) is 0.375. The minimum absolute atomic E-state index is 0.677. The Morgan fingerprint density at radius 1 is 1.42 bits per heavy atom. The van der Waals surface area contributed by atoms with E-state index in [1.807, 2.05) is 26.8 Å². The Bertz CT molecular complexity index is 293. The minimum Gasteiger partial charge on any atom is -0.260 e. The molecule has 64 valence electrons. The zero-order valence-electron chi connectivity index (χ0n) is 7.50. The van der Waals surface area contributed by atoms with E-state index in [0.29, 0.717) is 5.82 Å². The largest absolute Gasteiger partial charge is 0.260 e. The van der Waals surface area contributed by atoms with E-state index < -0.39 is 0 Å². The number of aromatic nitrogens is 2. The van der Waals surface area contributed by atoms with Crippen LogP contribution in [0.3, 0.4) is 0 Å². The van der Waals surface area contributed by atoms with E-state index in [1.165, 1.54) is 0 Å². The lowest BCUT2D eigenvalue weighted by Crippen LogP contribution is -1.97. The second-order valence-electron chi connectivity index (χ2n) is 2.50. The number of hydrogen-bond donors (Lipinski definition) is 1. The molecule has 0 atom stereocenters. The highest BCUT2D eigenvalue weighted by atomic mass is 15.3. The van der Waals surface area contributed by atoms with Gasteiger partial charge in [0.1, 0.15) is 0 Å². The first-order chi connectivity index (χ1) is 5.74. The second-order valence-corrected chi connectivity index (χ2v) is 2.50. The van der Waals surface area contributed by atoms with Crippen LogP contribution in [0.25, 0.3) is 0 Å². The summed E-state index contributed by atoms with van der Waals surface area (Å²) >= 11 is 0. The SMILES string of the molecule is C/C=N/Nc1cc(C)c(C)nn1. The summed E-state index contributed by atoms with van der Waals surface area (Å²) in [6.07, 6.45) is 1.66. The molecular weight excluding hydrogens is 152 g/mol. The van der Waals surface area contributed by atoms with Crippen LogP contribution in [0.5, 0.6) is 0 Å². The number of rotatable bonds is 2. The van der Waals surface area contributed by atoms with E-state index in [9.17, 15) is 0 Å². The third-order valence-corrected chi connectivity index (χ3v) is 1.54. The van der Waals surface area contributed by atoms with Gasteiger partial charge in [0.15, 0.2) is 5.82 Å². The van der Waals surface area contributed by atoms with Gasteiger partial charge in [0, 0.05) is 6.21 Å². The summed E-state index contributed by atoms with van der Waals surface area (Å²) in [5, 5.41) is 11.7. The van der Waals surface area contributed by atoms with Crippen molar-refractivity contribution in [2.75, 3.05) is 5.43 Å². The molecule has 0 radical (unpaired) electrons. The fourth-order valence-electron chi connectivity index (χ4n) is 0.731. The summed E-state index contributed by atoms with van der Waals surface area (Å²) in [7, 11) is 0. The van der Waals surface area contributed by atoms with Crippen LogP contribution in [0, 0.1) is 13.8 Å². The number of nitrogens with zero attached hydrogens (tertiary/aromatic N) is 3. The molecule has 0 aromatic carbocycles. The molecule has 0 aliphatic rings. The lowest BCUT2D eigenvalue weighted by atomic mass is 10.2. The highest BCUT2D eigenvalue weighted by Crippen LogP contribution is 2.06. The molecule has 4 nitrogen and oxygen atoms in total. The summed E-state index contributed by atoms with van der Waals surface area (Å²) in [6, 6.07) is 1.91. The van der Waals surface area contributed by atoms with E-state index in [2.05, 4.69) is 20.7 Å². The normalized spacial score (nSPS) is 10.6.